The summed E-state index contributed by atoms with van der Waals surface area (Å²) in [5.41, 5.74) is 9.32. The number of carbonyl (C=O) groups excluding carboxylic acids is 1. The average molecular weight is 292 g/mol. The summed E-state index contributed by atoms with van der Waals surface area (Å²) in [4.78, 5) is 11.8. The normalized spacial score (nSPS) is 10.8. The molecule has 0 unspecified atom stereocenters. The van der Waals surface area contributed by atoms with Crippen LogP contribution in [0.2, 0.25) is 0 Å². The molecule has 2 N–H and O–H groups in total. The fraction of sp³-hybridized carbons (Fsp3) is 0.111. The molecule has 3 aromatic rings. The smallest absolute Gasteiger partial charge is 0.315 e. The largest absolute Gasteiger partial charge is 0.618 e. The lowest BCUT2D eigenvalue weighted by molar-refractivity contribution is -0.579. The van der Waals surface area contributed by atoms with Gasteiger partial charge in [-0.05, 0) is 25.0 Å². The summed E-state index contributed by atoms with van der Waals surface area (Å²) in [6.07, 6.45) is 0. The lowest BCUT2D eigenvalue weighted by atomic mass is 9.92. The molecule has 0 aliphatic carbocycles. The number of nitrogens with two attached hydrogens (primary N) is 1. The maximum atomic E-state index is 12.5. The average Bonchev–Trinajstić information content (AvgIpc) is 2.49. The Bertz CT molecular complexity index is 887. The molecule has 0 saturated heterocycles. The number of primary amides is 1. The molecular weight excluding hydrogens is 276 g/mol. The Kier molecular flexibility index (Phi) is 3.29. The number of pyridine rings is 1. The molecule has 0 radical (unpaired) electrons. The maximum Gasteiger partial charge on any atom is 0.315 e. The van der Waals surface area contributed by atoms with Crippen molar-refractivity contribution in [1.29, 1.82) is 0 Å². The third-order valence-corrected chi connectivity index (χ3v) is 3.95. The zero-order valence-electron chi connectivity index (χ0n) is 12.5. The van der Waals surface area contributed by atoms with Gasteiger partial charge in [-0.1, -0.05) is 42.5 Å². The molecule has 0 bridgehead atoms. The van der Waals surface area contributed by atoms with E-state index in [-0.39, 0.29) is 5.69 Å². The van der Waals surface area contributed by atoms with Crippen LogP contribution in [0.4, 0.5) is 0 Å². The molecule has 0 atom stereocenters. The Labute approximate surface area is 128 Å². The number of nitrogens with zero attached hydrogens (tertiary/aromatic N) is 1. The summed E-state index contributed by atoms with van der Waals surface area (Å²) in [5, 5.41) is 13.4. The van der Waals surface area contributed by atoms with E-state index >= 15 is 0 Å². The molecule has 4 nitrogen and oxygen atoms in total. The number of rotatable bonds is 2. The first kappa shape index (κ1) is 14.1. The molecule has 110 valence electrons. The number of amides is 1. The predicted molar refractivity (Wildman–Crippen MR) is 86.3 cm³/mol. The summed E-state index contributed by atoms with van der Waals surface area (Å²) < 4.78 is 0.645. The summed E-state index contributed by atoms with van der Waals surface area (Å²) in [5.74, 6) is -0.715. The molecule has 22 heavy (non-hydrogen) atoms. The molecule has 1 heterocycles. The van der Waals surface area contributed by atoms with Gasteiger partial charge in [0.05, 0.1) is 5.39 Å². The van der Waals surface area contributed by atoms with Gasteiger partial charge in [-0.2, -0.15) is 4.73 Å². The third kappa shape index (κ3) is 2.00. The van der Waals surface area contributed by atoms with Gasteiger partial charge < -0.3 is 10.9 Å². The van der Waals surface area contributed by atoms with Gasteiger partial charge in [0.2, 0.25) is 5.52 Å². The van der Waals surface area contributed by atoms with Gasteiger partial charge in [0, 0.05) is 17.2 Å². The highest BCUT2D eigenvalue weighted by atomic mass is 16.5. The molecular formula is C18H16N2O2. The van der Waals surface area contributed by atoms with Gasteiger partial charge in [0.25, 0.3) is 5.69 Å². The lowest BCUT2D eigenvalue weighted by Crippen LogP contribution is -2.39. The van der Waals surface area contributed by atoms with E-state index in [1.54, 1.807) is 19.1 Å². The Hall–Kier alpha value is -2.88. The molecule has 0 fully saturated rings. The predicted octanol–water partition coefficient (Wildman–Crippen LogP) is 2.86. The van der Waals surface area contributed by atoms with E-state index in [0.717, 1.165) is 22.1 Å². The monoisotopic (exact) mass is 292 g/mol. The number of fused-ring (bicyclic) bond motifs is 1. The maximum absolute atomic E-state index is 12.5. The zero-order chi connectivity index (χ0) is 15.9. The quantitative estimate of drug-likeness (QED) is 0.583. The molecule has 1 aromatic heterocycles. The number of benzene rings is 2. The van der Waals surface area contributed by atoms with Crippen molar-refractivity contribution in [2.45, 2.75) is 13.8 Å². The topological polar surface area (TPSA) is 70.0 Å². The SMILES string of the molecule is Cc1c(-c2ccccc2)c2c(C)cccc2[n+]([O-])c1C(N)=O. The molecule has 2 aromatic carbocycles. The molecule has 0 saturated carbocycles. The van der Waals surface area contributed by atoms with Crippen LogP contribution in [0.3, 0.4) is 0 Å². The number of aromatic nitrogens is 1. The minimum Gasteiger partial charge on any atom is -0.618 e. The Morgan fingerprint density at radius 2 is 1.73 bits per heavy atom. The first-order valence-electron chi connectivity index (χ1n) is 7.03. The number of carbonyl (C=O) groups is 1. The van der Waals surface area contributed by atoms with E-state index in [1.807, 2.05) is 43.3 Å². The number of aryl methyl sites for hydroxylation is 1. The fourth-order valence-electron chi connectivity index (χ4n) is 2.98. The fourth-order valence-corrected chi connectivity index (χ4v) is 2.98. The summed E-state index contributed by atoms with van der Waals surface area (Å²) >= 11 is 0. The van der Waals surface area contributed by atoms with Crippen LogP contribution >= 0.6 is 0 Å². The van der Waals surface area contributed by atoms with E-state index in [4.69, 9.17) is 5.73 Å². The summed E-state index contributed by atoms with van der Waals surface area (Å²) in [6.45, 7) is 3.72. The van der Waals surface area contributed by atoms with Crippen molar-refractivity contribution < 1.29 is 9.52 Å². The van der Waals surface area contributed by atoms with E-state index in [2.05, 4.69) is 0 Å². The second-order valence-corrected chi connectivity index (χ2v) is 5.34. The zero-order valence-corrected chi connectivity index (χ0v) is 12.5. The van der Waals surface area contributed by atoms with E-state index in [1.165, 1.54) is 0 Å². The van der Waals surface area contributed by atoms with Crippen LogP contribution in [0.5, 0.6) is 0 Å². The molecule has 3 rings (SSSR count). The highest BCUT2D eigenvalue weighted by molar-refractivity contribution is 6.02. The molecule has 4 heteroatoms. The first-order valence-corrected chi connectivity index (χ1v) is 7.03. The van der Waals surface area contributed by atoms with E-state index < -0.39 is 5.91 Å². The van der Waals surface area contributed by atoms with Gasteiger partial charge in [-0.15, -0.1) is 0 Å². The highest BCUT2D eigenvalue weighted by Gasteiger charge is 2.25. The third-order valence-electron chi connectivity index (χ3n) is 3.95. The summed E-state index contributed by atoms with van der Waals surface area (Å²) in [7, 11) is 0. The van der Waals surface area contributed by atoms with Crippen LogP contribution in [0.1, 0.15) is 21.6 Å². The van der Waals surface area contributed by atoms with Crippen molar-refractivity contribution in [3.05, 3.63) is 70.6 Å². The Morgan fingerprint density at radius 3 is 2.36 bits per heavy atom. The van der Waals surface area contributed by atoms with Crippen LogP contribution in [0, 0.1) is 19.1 Å². The lowest BCUT2D eigenvalue weighted by Gasteiger charge is -2.15. The standard InChI is InChI=1S/C18H16N2O2/c1-11-7-6-10-14-15(11)16(13-8-4-3-5-9-13)12(2)17(18(19)21)20(14)22/h3-10H,1-2H3,(H2,19,21). The second-order valence-electron chi connectivity index (χ2n) is 5.34. The number of hydrogen-bond acceptors (Lipinski definition) is 2. The van der Waals surface area contributed by atoms with Crippen molar-refractivity contribution in [3.63, 3.8) is 0 Å². The van der Waals surface area contributed by atoms with Gasteiger partial charge in [-0.3, -0.25) is 4.79 Å². The Balaban J connectivity index is 2.57. The van der Waals surface area contributed by atoms with E-state index in [0.29, 0.717) is 15.8 Å². The minimum atomic E-state index is -0.715. The van der Waals surface area contributed by atoms with Crippen molar-refractivity contribution in [3.8, 4) is 11.1 Å². The van der Waals surface area contributed by atoms with Gasteiger partial charge in [-0.25, -0.2) is 0 Å². The molecule has 1 amide bonds. The van der Waals surface area contributed by atoms with Gasteiger partial charge in [0.15, 0.2) is 0 Å². The van der Waals surface area contributed by atoms with Crippen molar-refractivity contribution in [2.24, 2.45) is 5.73 Å². The van der Waals surface area contributed by atoms with Crippen LogP contribution in [-0.4, -0.2) is 5.91 Å². The highest BCUT2D eigenvalue weighted by Crippen LogP contribution is 2.33. The Morgan fingerprint density at radius 1 is 1.05 bits per heavy atom. The minimum absolute atomic E-state index is 0.00282. The molecule has 0 aliphatic heterocycles. The van der Waals surface area contributed by atoms with Gasteiger partial charge >= 0.3 is 5.91 Å². The van der Waals surface area contributed by atoms with Crippen molar-refractivity contribution >= 4 is 16.8 Å². The van der Waals surface area contributed by atoms with Gasteiger partial charge in [0.1, 0.15) is 0 Å². The number of hydrogen-bond donors (Lipinski definition) is 1. The molecule has 0 aliphatic rings. The van der Waals surface area contributed by atoms with Crippen LogP contribution < -0.4 is 10.5 Å². The first-order chi connectivity index (χ1) is 10.5. The summed E-state index contributed by atoms with van der Waals surface area (Å²) in [6, 6.07) is 15.2. The van der Waals surface area contributed by atoms with Crippen LogP contribution in [0.25, 0.3) is 22.0 Å². The van der Waals surface area contributed by atoms with Crippen molar-refractivity contribution in [2.75, 3.05) is 0 Å². The van der Waals surface area contributed by atoms with Crippen LogP contribution in [-0.2, 0) is 0 Å². The van der Waals surface area contributed by atoms with Crippen molar-refractivity contribution in [1.82, 2.24) is 0 Å². The molecule has 0 spiro atoms. The second kappa shape index (κ2) is 5.15. The van der Waals surface area contributed by atoms with Crippen LogP contribution in [0.15, 0.2) is 48.5 Å². The van der Waals surface area contributed by atoms with E-state index in [9.17, 15) is 10.0 Å².